The third-order valence-electron chi connectivity index (χ3n) is 7.35. The first kappa shape index (κ1) is 26.4. The number of aromatic amines is 1. The zero-order valence-corrected chi connectivity index (χ0v) is 22.7. The van der Waals surface area contributed by atoms with E-state index in [0.717, 1.165) is 41.8 Å². The van der Waals surface area contributed by atoms with E-state index in [1.54, 1.807) is 11.8 Å². The second kappa shape index (κ2) is 11.2. The van der Waals surface area contributed by atoms with Crippen LogP contribution in [-0.2, 0) is 9.59 Å². The first-order valence-electron chi connectivity index (χ1n) is 13.2. The molecule has 2 aromatic carbocycles. The average Bonchev–Trinajstić information content (AvgIpc) is 3.40. The fourth-order valence-electron chi connectivity index (χ4n) is 5.55. The fraction of sp³-hybridized carbons (Fsp3) is 0.464. The van der Waals surface area contributed by atoms with E-state index in [1.807, 2.05) is 43.0 Å². The number of nitrogens with two attached hydrogens (primary N) is 1. The van der Waals surface area contributed by atoms with Gasteiger partial charge in [0.05, 0.1) is 5.69 Å². The van der Waals surface area contributed by atoms with Crippen LogP contribution in [0.3, 0.4) is 0 Å². The summed E-state index contributed by atoms with van der Waals surface area (Å²) in [6, 6.07) is 15.7. The highest BCUT2D eigenvalue weighted by atomic mass is 32.2. The van der Waals surface area contributed by atoms with Crippen molar-refractivity contribution >= 4 is 29.3 Å². The summed E-state index contributed by atoms with van der Waals surface area (Å²) in [5, 5.41) is 17.6. The van der Waals surface area contributed by atoms with Gasteiger partial charge < -0.3 is 16.0 Å². The maximum Gasteiger partial charge on any atom is 0.250 e. The SMILES string of the molecule is CC(C)(N)CC(=O)N[C@@H]1CSc2ccccc2N(CC2CCC(c3ccccc3-c3nn[nH]n3)CC2)C1=O. The predicted molar refractivity (Wildman–Crippen MR) is 149 cm³/mol. The molecule has 10 heteroatoms. The Balaban J connectivity index is 1.29. The highest BCUT2D eigenvalue weighted by Gasteiger charge is 2.35. The monoisotopic (exact) mass is 533 g/mol. The number of nitrogens with one attached hydrogen (secondary N) is 2. The molecule has 0 spiro atoms. The maximum absolute atomic E-state index is 13.8. The summed E-state index contributed by atoms with van der Waals surface area (Å²) >= 11 is 1.62. The summed E-state index contributed by atoms with van der Waals surface area (Å²) in [5.41, 5.74) is 8.63. The Bertz CT molecular complexity index is 1270. The number of para-hydroxylation sites is 1. The van der Waals surface area contributed by atoms with Gasteiger partial charge in [0, 0.05) is 34.7 Å². The molecule has 200 valence electrons. The largest absolute Gasteiger partial charge is 0.343 e. The van der Waals surface area contributed by atoms with E-state index in [9.17, 15) is 9.59 Å². The summed E-state index contributed by atoms with van der Waals surface area (Å²) in [4.78, 5) is 29.4. The molecule has 0 radical (unpaired) electrons. The minimum Gasteiger partial charge on any atom is -0.343 e. The smallest absolute Gasteiger partial charge is 0.250 e. The van der Waals surface area contributed by atoms with Crippen molar-refractivity contribution in [2.24, 2.45) is 11.7 Å². The molecule has 9 nitrogen and oxygen atoms in total. The Kier molecular flexibility index (Phi) is 7.80. The molecule has 0 unspecified atom stereocenters. The number of amides is 2. The molecule has 5 rings (SSSR count). The van der Waals surface area contributed by atoms with Crippen LogP contribution in [0.4, 0.5) is 5.69 Å². The first-order chi connectivity index (χ1) is 18.3. The molecule has 4 N–H and O–H groups in total. The Hall–Kier alpha value is -3.24. The number of benzene rings is 2. The molecular formula is C28H35N7O2S. The Morgan fingerprint density at radius 1 is 1.13 bits per heavy atom. The number of anilines is 1. The van der Waals surface area contributed by atoms with Gasteiger partial charge >= 0.3 is 0 Å². The van der Waals surface area contributed by atoms with Crippen molar-refractivity contribution in [1.29, 1.82) is 0 Å². The van der Waals surface area contributed by atoms with E-state index in [4.69, 9.17) is 5.73 Å². The Morgan fingerprint density at radius 3 is 2.61 bits per heavy atom. The van der Waals surface area contributed by atoms with Gasteiger partial charge in [0.25, 0.3) is 0 Å². The lowest BCUT2D eigenvalue weighted by Crippen LogP contribution is -2.52. The number of thioether (sulfide) groups is 1. The zero-order valence-electron chi connectivity index (χ0n) is 21.9. The van der Waals surface area contributed by atoms with Crippen molar-refractivity contribution in [2.45, 2.75) is 68.3 Å². The topological polar surface area (TPSA) is 130 Å². The van der Waals surface area contributed by atoms with E-state index in [-0.39, 0.29) is 18.2 Å². The van der Waals surface area contributed by atoms with Gasteiger partial charge in [-0.15, -0.1) is 22.0 Å². The van der Waals surface area contributed by atoms with E-state index in [2.05, 4.69) is 50.2 Å². The fourth-order valence-corrected chi connectivity index (χ4v) is 6.62. The van der Waals surface area contributed by atoms with Crippen LogP contribution in [0.1, 0.15) is 57.4 Å². The van der Waals surface area contributed by atoms with Gasteiger partial charge in [-0.3, -0.25) is 9.59 Å². The van der Waals surface area contributed by atoms with Crippen LogP contribution in [0.2, 0.25) is 0 Å². The highest BCUT2D eigenvalue weighted by molar-refractivity contribution is 7.99. The average molecular weight is 534 g/mol. The highest BCUT2D eigenvalue weighted by Crippen LogP contribution is 2.41. The number of carbonyl (C=O) groups is 2. The number of hydrogen-bond acceptors (Lipinski definition) is 7. The molecule has 1 saturated carbocycles. The lowest BCUT2D eigenvalue weighted by Gasteiger charge is -2.34. The van der Waals surface area contributed by atoms with Crippen LogP contribution >= 0.6 is 11.8 Å². The molecule has 38 heavy (non-hydrogen) atoms. The minimum atomic E-state index is -0.630. The second-order valence-electron chi connectivity index (χ2n) is 11.1. The molecular weight excluding hydrogens is 498 g/mol. The van der Waals surface area contributed by atoms with Crippen molar-refractivity contribution in [3.63, 3.8) is 0 Å². The first-order valence-corrected chi connectivity index (χ1v) is 14.2. The van der Waals surface area contributed by atoms with Crippen molar-refractivity contribution < 1.29 is 9.59 Å². The third kappa shape index (κ3) is 6.07. The van der Waals surface area contributed by atoms with Gasteiger partial charge in [0.15, 0.2) is 0 Å². The van der Waals surface area contributed by atoms with Crippen LogP contribution in [0.5, 0.6) is 0 Å². The molecule has 1 aromatic heterocycles. The molecule has 0 bridgehead atoms. The van der Waals surface area contributed by atoms with Crippen LogP contribution in [-0.4, -0.2) is 56.3 Å². The molecule has 1 fully saturated rings. The summed E-state index contributed by atoms with van der Waals surface area (Å²) in [7, 11) is 0. The van der Waals surface area contributed by atoms with E-state index >= 15 is 0 Å². The van der Waals surface area contributed by atoms with Crippen molar-refractivity contribution in [1.82, 2.24) is 25.9 Å². The summed E-state index contributed by atoms with van der Waals surface area (Å²) < 4.78 is 0. The number of hydrogen-bond donors (Lipinski definition) is 3. The second-order valence-corrected chi connectivity index (χ2v) is 12.1. The summed E-state index contributed by atoms with van der Waals surface area (Å²) in [6.45, 7) is 4.27. The Morgan fingerprint density at radius 2 is 1.87 bits per heavy atom. The van der Waals surface area contributed by atoms with Crippen molar-refractivity contribution in [2.75, 3.05) is 17.2 Å². The Labute approximate surface area is 227 Å². The van der Waals surface area contributed by atoms with Crippen LogP contribution in [0, 0.1) is 5.92 Å². The van der Waals surface area contributed by atoms with Gasteiger partial charge in [-0.2, -0.15) is 5.21 Å². The number of fused-ring (bicyclic) bond motifs is 1. The molecule has 0 saturated heterocycles. The summed E-state index contributed by atoms with van der Waals surface area (Å²) in [6.07, 6.45) is 4.27. The van der Waals surface area contributed by atoms with E-state index < -0.39 is 11.6 Å². The minimum absolute atomic E-state index is 0.0461. The van der Waals surface area contributed by atoms with E-state index in [0.29, 0.717) is 30.0 Å². The molecule has 1 atom stereocenters. The molecule has 1 aliphatic carbocycles. The molecule has 1 aliphatic heterocycles. The lowest BCUT2D eigenvalue weighted by atomic mass is 9.77. The molecule has 2 heterocycles. The standard InChI is InChI=1S/C28H35N7O2S/c1-28(2,29)15-25(36)30-22-17-38-24-10-6-5-9-23(24)35(27(22)37)16-18-11-13-19(14-12-18)20-7-3-4-8-21(20)26-31-33-34-32-26/h3-10,18-19,22H,11-17,29H2,1-2H3,(H,30,36)(H,31,32,33,34)/t18?,19?,22-/m1/s1. The number of H-pyrrole nitrogens is 1. The molecule has 3 aromatic rings. The normalized spacial score (nSPS) is 22.0. The van der Waals surface area contributed by atoms with Crippen LogP contribution < -0.4 is 16.0 Å². The number of carbonyl (C=O) groups excluding carboxylic acids is 2. The quantitative estimate of drug-likeness (QED) is 0.420. The lowest BCUT2D eigenvalue weighted by molar-refractivity contribution is -0.127. The van der Waals surface area contributed by atoms with Gasteiger partial charge in [0.2, 0.25) is 17.6 Å². The van der Waals surface area contributed by atoms with Gasteiger partial charge in [-0.05, 0) is 74.3 Å². The van der Waals surface area contributed by atoms with Crippen LogP contribution in [0.15, 0.2) is 53.4 Å². The van der Waals surface area contributed by atoms with Crippen molar-refractivity contribution in [3.05, 3.63) is 54.1 Å². The number of nitrogens with zero attached hydrogens (tertiary/aromatic N) is 4. The van der Waals surface area contributed by atoms with E-state index in [1.165, 1.54) is 5.56 Å². The maximum atomic E-state index is 13.8. The predicted octanol–water partition coefficient (Wildman–Crippen LogP) is 3.89. The van der Waals surface area contributed by atoms with Gasteiger partial charge in [-0.25, -0.2) is 0 Å². The number of rotatable bonds is 7. The van der Waals surface area contributed by atoms with Gasteiger partial charge in [-0.1, -0.05) is 36.4 Å². The number of tetrazole rings is 1. The van der Waals surface area contributed by atoms with Gasteiger partial charge in [0.1, 0.15) is 6.04 Å². The number of aromatic nitrogens is 4. The zero-order chi connectivity index (χ0) is 26.7. The molecule has 2 aliphatic rings. The molecule has 2 amide bonds. The van der Waals surface area contributed by atoms with Crippen LogP contribution in [0.25, 0.3) is 11.4 Å². The third-order valence-corrected chi connectivity index (χ3v) is 8.51. The van der Waals surface area contributed by atoms with Crippen molar-refractivity contribution in [3.8, 4) is 11.4 Å². The summed E-state index contributed by atoms with van der Waals surface area (Å²) in [5.74, 6) is 1.68.